The molecule has 1 aromatic carbocycles. The minimum absolute atomic E-state index is 0.869. The van der Waals surface area contributed by atoms with Gasteiger partial charge in [-0.05, 0) is 66.2 Å². The second-order valence-electron chi connectivity index (χ2n) is 5.66. The van der Waals surface area contributed by atoms with Gasteiger partial charge < -0.3 is 0 Å². The van der Waals surface area contributed by atoms with Crippen LogP contribution in [0.2, 0.25) is 0 Å². The Morgan fingerprint density at radius 2 is 2.00 bits per heavy atom. The Kier molecular flexibility index (Phi) is 2.53. The van der Waals surface area contributed by atoms with Crippen LogP contribution in [0, 0.1) is 5.92 Å². The summed E-state index contributed by atoms with van der Waals surface area (Å²) in [6.07, 6.45) is 8.13. The summed E-state index contributed by atoms with van der Waals surface area (Å²) in [5, 5.41) is 0. The fraction of sp³-hybridized carbons (Fsp3) is 0.625. The van der Waals surface area contributed by atoms with Gasteiger partial charge in [-0.3, -0.25) is 0 Å². The second kappa shape index (κ2) is 3.91. The molecular formula is C16H22. The zero-order valence-electron chi connectivity index (χ0n) is 10.6. The Morgan fingerprint density at radius 3 is 2.81 bits per heavy atom. The van der Waals surface area contributed by atoms with Crippen LogP contribution in [0.5, 0.6) is 0 Å². The first kappa shape index (κ1) is 10.4. The van der Waals surface area contributed by atoms with E-state index in [1.54, 1.807) is 22.3 Å². The van der Waals surface area contributed by atoms with Gasteiger partial charge in [0, 0.05) is 0 Å². The van der Waals surface area contributed by atoms with Crippen molar-refractivity contribution in [2.45, 2.75) is 58.3 Å². The van der Waals surface area contributed by atoms with Crippen molar-refractivity contribution < 1.29 is 0 Å². The summed E-state index contributed by atoms with van der Waals surface area (Å²) < 4.78 is 0. The summed E-state index contributed by atoms with van der Waals surface area (Å²) in [7, 11) is 0. The molecule has 0 radical (unpaired) electrons. The molecule has 0 nitrogen and oxygen atoms in total. The Hall–Kier alpha value is -0.780. The van der Waals surface area contributed by atoms with Gasteiger partial charge >= 0.3 is 0 Å². The maximum absolute atomic E-state index is 2.44. The summed E-state index contributed by atoms with van der Waals surface area (Å²) in [5.74, 6) is 1.74. The van der Waals surface area contributed by atoms with Gasteiger partial charge in [0.2, 0.25) is 0 Å². The molecule has 0 heteroatoms. The van der Waals surface area contributed by atoms with Crippen LogP contribution in [0.1, 0.15) is 61.3 Å². The van der Waals surface area contributed by atoms with Gasteiger partial charge in [0.15, 0.2) is 0 Å². The predicted molar refractivity (Wildman–Crippen MR) is 69.0 cm³/mol. The van der Waals surface area contributed by atoms with Crippen LogP contribution in [-0.4, -0.2) is 0 Å². The Labute approximate surface area is 99.1 Å². The zero-order valence-corrected chi connectivity index (χ0v) is 10.6. The van der Waals surface area contributed by atoms with Gasteiger partial charge in [0.05, 0.1) is 0 Å². The molecule has 0 aromatic heterocycles. The van der Waals surface area contributed by atoms with Gasteiger partial charge in [-0.1, -0.05) is 32.4 Å². The van der Waals surface area contributed by atoms with E-state index in [0.29, 0.717) is 0 Å². The number of hydrogen-bond donors (Lipinski definition) is 0. The molecule has 0 saturated carbocycles. The Balaban J connectivity index is 2.07. The molecule has 0 saturated heterocycles. The molecule has 2 atom stereocenters. The van der Waals surface area contributed by atoms with E-state index in [2.05, 4.69) is 26.0 Å². The number of rotatable bonds is 2. The van der Waals surface area contributed by atoms with Crippen molar-refractivity contribution in [3.63, 3.8) is 0 Å². The lowest BCUT2D eigenvalue weighted by Crippen LogP contribution is -2.08. The first-order chi connectivity index (χ1) is 7.81. The monoisotopic (exact) mass is 214 g/mol. The molecule has 2 aliphatic rings. The molecule has 1 aromatic rings. The van der Waals surface area contributed by atoms with E-state index in [4.69, 9.17) is 0 Å². The van der Waals surface area contributed by atoms with Crippen LogP contribution in [0.3, 0.4) is 0 Å². The molecule has 2 unspecified atom stereocenters. The second-order valence-corrected chi connectivity index (χ2v) is 5.66. The first-order valence-electron chi connectivity index (χ1n) is 6.94. The molecule has 2 aliphatic carbocycles. The minimum atomic E-state index is 0.869. The van der Waals surface area contributed by atoms with E-state index in [1.165, 1.54) is 38.5 Å². The van der Waals surface area contributed by atoms with Crippen LogP contribution in [0.25, 0.3) is 0 Å². The lowest BCUT2D eigenvalue weighted by Gasteiger charge is -2.21. The fourth-order valence-electron chi connectivity index (χ4n) is 3.73. The highest BCUT2D eigenvalue weighted by Crippen LogP contribution is 2.44. The highest BCUT2D eigenvalue weighted by atomic mass is 14.3. The highest BCUT2D eigenvalue weighted by Gasteiger charge is 2.30. The number of hydrogen-bond acceptors (Lipinski definition) is 0. The first-order valence-corrected chi connectivity index (χ1v) is 6.94. The summed E-state index contributed by atoms with van der Waals surface area (Å²) in [6, 6.07) is 4.82. The van der Waals surface area contributed by atoms with Crippen molar-refractivity contribution in [1.29, 1.82) is 0 Å². The maximum Gasteiger partial charge on any atom is -0.0128 e. The average molecular weight is 214 g/mol. The molecule has 0 aliphatic heterocycles. The minimum Gasteiger partial charge on any atom is -0.0651 e. The van der Waals surface area contributed by atoms with E-state index in [0.717, 1.165) is 11.8 Å². The van der Waals surface area contributed by atoms with E-state index in [1.807, 2.05) is 0 Å². The molecule has 0 spiro atoms. The normalized spacial score (nSPS) is 24.2. The van der Waals surface area contributed by atoms with Crippen LogP contribution < -0.4 is 0 Å². The highest BCUT2D eigenvalue weighted by molar-refractivity contribution is 5.48. The third-order valence-electron chi connectivity index (χ3n) is 4.84. The third kappa shape index (κ3) is 1.43. The zero-order chi connectivity index (χ0) is 11.1. The number of aryl methyl sites for hydroxylation is 2. The predicted octanol–water partition coefficient (Wildman–Crippen LogP) is 4.25. The number of fused-ring (bicyclic) bond motifs is 3. The van der Waals surface area contributed by atoms with Gasteiger partial charge in [-0.25, -0.2) is 0 Å². The summed E-state index contributed by atoms with van der Waals surface area (Å²) in [5.41, 5.74) is 6.87. The SMILES string of the molecule is CCC(C)C1CCc2ccc3c(c21)CCC3. The maximum atomic E-state index is 2.44. The average Bonchev–Trinajstić information content (AvgIpc) is 2.92. The smallest absolute Gasteiger partial charge is 0.0128 e. The van der Waals surface area contributed by atoms with Gasteiger partial charge in [0.1, 0.15) is 0 Å². The Morgan fingerprint density at radius 1 is 1.19 bits per heavy atom. The van der Waals surface area contributed by atoms with Gasteiger partial charge in [-0.2, -0.15) is 0 Å². The lowest BCUT2D eigenvalue weighted by molar-refractivity contribution is 0.442. The summed E-state index contributed by atoms with van der Waals surface area (Å²) in [4.78, 5) is 0. The van der Waals surface area contributed by atoms with Gasteiger partial charge in [-0.15, -0.1) is 0 Å². The van der Waals surface area contributed by atoms with Crippen molar-refractivity contribution in [3.8, 4) is 0 Å². The quantitative estimate of drug-likeness (QED) is 0.690. The van der Waals surface area contributed by atoms with Crippen LogP contribution in [0.15, 0.2) is 12.1 Å². The van der Waals surface area contributed by atoms with Crippen molar-refractivity contribution in [1.82, 2.24) is 0 Å². The summed E-state index contributed by atoms with van der Waals surface area (Å²) in [6.45, 7) is 4.78. The fourth-order valence-corrected chi connectivity index (χ4v) is 3.73. The molecule has 0 N–H and O–H groups in total. The summed E-state index contributed by atoms with van der Waals surface area (Å²) >= 11 is 0. The standard InChI is InChI=1S/C16H22/c1-3-11(2)14-10-9-13-8-7-12-5-4-6-15(12)16(13)14/h7-8,11,14H,3-6,9-10H2,1-2H3. The number of benzene rings is 1. The topological polar surface area (TPSA) is 0 Å². The van der Waals surface area contributed by atoms with Crippen LogP contribution in [0.4, 0.5) is 0 Å². The van der Waals surface area contributed by atoms with E-state index in [-0.39, 0.29) is 0 Å². The lowest BCUT2D eigenvalue weighted by atomic mass is 9.84. The molecule has 0 heterocycles. The molecule has 86 valence electrons. The van der Waals surface area contributed by atoms with Crippen molar-refractivity contribution in [3.05, 3.63) is 34.4 Å². The molecule has 0 fully saturated rings. The van der Waals surface area contributed by atoms with Gasteiger partial charge in [0.25, 0.3) is 0 Å². The Bertz CT molecular complexity index is 403. The molecule has 3 rings (SSSR count). The molecule has 16 heavy (non-hydrogen) atoms. The van der Waals surface area contributed by atoms with Crippen molar-refractivity contribution in [2.75, 3.05) is 0 Å². The molecular weight excluding hydrogens is 192 g/mol. The van der Waals surface area contributed by atoms with Crippen molar-refractivity contribution in [2.24, 2.45) is 5.92 Å². The van der Waals surface area contributed by atoms with E-state index < -0.39 is 0 Å². The largest absolute Gasteiger partial charge is 0.0651 e. The molecule has 0 amide bonds. The van der Waals surface area contributed by atoms with E-state index >= 15 is 0 Å². The van der Waals surface area contributed by atoms with Crippen molar-refractivity contribution >= 4 is 0 Å². The third-order valence-corrected chi connectivity index (χ3v) is 4.84. The van der Waals surface area contributed by atoms with E-state index in [9.17, 15) is 0 Å². The molecule has 0 bridgehead atoms. The van der Waals surface area contributed by atoms with Crippen LogP contribution in [-0.2, 0) is 19.3 Å². The van der Waals surface area contributed by atoms with Crippen LogP contribution >= 0.6 is 0 Å².